The van der Waals surface area contributed by atoms with Crippen LogP contribution in [0.15, 0.2) is 36.0 Å². The summed E-state index contributed by atoms with van der Waals surface area (Å²) in [4.78, 5) is 44.7. The van der Waals surface area contributed by atoms with Crippen LogP contribution in [0.3, 0.4) is 0 Å². The van der Waals surface area contributed by atoms with Crippen molar-refractivity contribution in [2.75, 3.05) is 13.2 Å². The van der Waals surface area contributed by atoms with Gasteiger partial charge in [0.25, 0.3) is 11.8 Å². The summed E-state index contributed by atoms with van der Waals surface area (Å²) in [5.41, 5.74) is 0.220. The summed E-state index contributed by atoms with van der Waals surface area (Å²) in [6.45, 7) is 8.08. The number of ether oxygens (including phenoxy) is 2. The lowest BCUT2D eigenvalue weighted by atomic mass is 9.69. The summed E-state index contributed by atoms with van der Waals surface area (Å²) in [5, 5.41) is 10.7. The van der Waals surface area contributed by atoms with Gasteiger partial charge in [0, 0.05) is 24.7 Å². The number of aliphatic hydroxyl groups is 1. The third kappa shape index (κ3) is 9.16. The maximum Gasteiger partial charge on any atom is 0.310 e. The molecule has 8 heteroatoms. The zero-order chi connectivity index (χ0) is 28.6. The molecular formula is C31H45NO7. The van der Waals surface area contributed by atoms with E-state index in [1.54, 1.807) is 0 Å². The van der Waals surface area contributed by atoms with Gasteiger partial charge < -0.3 is 14.6 Å². The third-order valence-corrected chi connectivity index (χ3v) is 7.92. The van der Waals surface area contributed by atoms with Crippen molar-refractivity contribution in [3.63, 3.8) is 0 Å². The van der Waals surface area contributed by atoms with E-state index < -0.39 is 0 Å². The summed E-state index contributed by atoms with van der Waals surface area (Å²) in [5.74, 6) is 1.63. The Balaban J connectivity index is 0.000000167. The standard InChI is InChI=1S/C13H20O2.C12H18O3.C6H7NO2/c1-13(2,3)15-12(14)11-8-9-4-6-10(11)7-5-9;13-6-1-7-15-12(14)11-8-9-2-4-10(11)5-3-9;1-2-4-3-5(8)7-6(4)9/h4,6,9-11H,5,7-8H2,1-3H3;2,4,9-11,13H,1,3,5-8H2;3H,2H2,1H3,(H,7,8,9). The highest BCUT2D eigenvalue weighted by Gasteiger charge is 2.39. The van der Waals surface area contributed by atoms with Crippen LogP contribution >= 0.6 is 0 Å². The molecule has 0 spiro atoms. The molecule has 1 aliphatic heterocycles. The monoisotopic (exact) mass is 543 g/mol. The summed E-state index contributed by atoms with van der Waals surface area (Å²) < 4.78 is 10.6. The normalized spacial score (nSPS) is 29.9. The van der Waals surface area contributed by atoms with Gasteiger partial charge in [-0.15, -0.1) is 0 Å². The predicted molar refractivity (Wildman–Crippen MR) is 147 cm³/mol. The first kappa shape index (κ1) is 30.8. The number of hydrogen-bond acceptors (Lipinski definition) is 7. The first-order valence-electron chi connectivity index (χ1n) is 14.4. The van der Waals surface area contributed by atoms with Crippen LogP contribution in [0, 0.1) is 35.5 Å². The van der Waals surface area contributed by atoms with Gasteiger partial charge in [-0.2, -0.15) is 0 Å². The van der Waals surface area contributed by atoms with E-state index in [1.165, 1.54) is 18.9 Å². The Hall–Kier alpha value is -2.74. The van der Waals surface area contributed by atoms with Crippen molar-refractivity contribution in [2.24, 2.45) is 35.5 Å². The lowest BCUT2D eigenvalue weighted by Gasteiger charge is -2.37. The summed E-state index contributed by atoms with van der Waals surface area (Å²) in [6.07, 6.45) is 18.1. The highest BCUT2D eigenvalue weighted by Crippen LogP contribution is 2.42. The number of carbonyl (C=O) groups excluding carboxylic acids is 4. The Bertz CT molecular complexity index is 989. The number of rotatable bonds is 6. The fourth-order valence-corrected chi connectivity index (χ4v) is 5.84. The predicted octanol–water partition coefficient (Wildman–Crippen LogP) is 4.42. The van der Waals surface area contributed by atoms with Crippen molar-refractivity contribution < 1.29 is 33.8 Å². The van der Waals surface area contributed by atoms with Gasteiger partial charge >= 0.3 is 11.9 Å². The largest absolute Gasteiger partial charge is 0.465 e. The topological polar surface area (TPSA) is 119 Å². The Kier molecular flexibility index (Phi) is 11.1. The number of imide groups is 1. The molecule has 0 aromatic carbocycles. The maximum atomic E-state index is 11.9. The Morgan fingerprint density at radius 2 is 1.49 bits per heavy atom. The van der Waals surface area contributed by atoms with Crippen molar-refractivity contribution >= 4 is 23.8 Å². The molecule has 39 heavy (non-hydrogen) atoms. The maximum absolute atomic E-state index is 11.9. The van der Waals surface area contributed by atoms with Crippen LogP contribution in [0.5, 0.6) is 0 Å². The number of nitrogens with one attached hydrogen (secondary N) is 1. The molecule has 0 aromatic rings. The van der Waals surface area contributed by atoms with Crippen molar-refractivity contribution in [3.05, 3.63) is 36.0 Å². The average Bonchev–Trinajstić information content (AvgIpc) is 3.26. The van der Waals surface area contributed by atoms with Crippen molar-refractivity contribution in [1.29, 1.82) is 0 Å². The molecule has 8 nitrogen and oxygen atoms in total. The Morgan fingerprint density at radius 1 is 0.923 bits per heavy atom. The summed E-state index contributed by atoms with van der Waals surface area (Å²) in [6, 6.07) is 0. The van der Waals surface area contributed by atoms with Crippen LogP contribution in [-0.4, -0.2) is 47.7 Å². The van der Waals surface area contributed by atoms with Crippen molar-refractivity contribution in [1.82, 2.24) is 5.32 Å². The molecule has 4 bridgehead atoms. The van der Waals surface area contributed by atoms with Crippen LogP contribution in [-0.2, 0) is 28.7 Å². The zero-order valence-corrected chi connectivity index (χ0v) is 23.8. The highest BCUT2D eigenvalue weighted by atomic mass is 16.6. The van der Waals surface area contributed by atoms with Crippen molar-refractivity contribution in [2.45, 2.75) is 84.7 Å². The van der Waals surface area contributed by atoms with E-state index in [0.717, 1.165) is 25.7 Å². The van der Waals surface area contributed by atoms with Crippen LogP contribution < -0.4 is 5.32 Å². The van der Waals surface area contributed by atoms with Crippen LogP contribution in [0.1, 0.15) is 79.1 Å². The van der Waals surface area contributed by atoms with Gasteiger partial charge in [0.15, 0.2) is 0 Å². The van der Waals surface area contributed by atoms with Gasteiger partial charge in [-0.1, -0.05) is 31.2 Å². The minimum atomic E-state index is -0.350. The minimum absolute atomic E-state index is 0.00144. The number of esters is 2. The van der Waals surface area contributed by atoms with Gasteiger partial charge in [0.2, 0.25) is 0 Å². The molecule has 6 atom stereocenters. The Labute approximate surface area is 232 Å². The van der Waals surface area contributed by atoms with Gasteiger partial charge in [0.1, 0.15) is 5.60 Å². The number of carbonyl (C=O) groups is 4. The van der Waals surface area contributed by atoms with Crippen molar-refractivity contribution in [3.8, 4) is 0 Å². The van der Waals surface area contributed by atoms with E-state index in [2.05, 4.69) is 29.6 Å². The number of aliphatic hydroxyl groups excluding tert-OH is 1. The van der Waals surface area contributed by atoms with E-state index in [0.29, 0.717) is 48.7 Å². The number of hydrogen-bond donors (Lipinski definition) is 2. The molecule has 2 N–H and O–H groups in total. The summed E-state index contributed by atoms with van der Waals surface area (Å²) >= 11 is 0. The fourth-order valence-electron chi connectivity index (χ4n) is 5.84. The molecule has 216 valence electrons. The molecular weight excluding hydrogens is 498 g/mol. The van der Waals surface area contributed by atoms with Gasteiger partial charge in [0.05, 0.1) is 18.4 Å². The smallest absolute Gasteiger partial charge is 0.310 e. The van der Waals surface area contributed by atoms with Gasteiger partial charge in [-0.05, 0) is 89.4 Å². The molecule has 0 aromatic heterocycles. The molecule has 0 radical (unpaired) electrons. The second-order valence-electron chi connectivity index (χ2n) is 12.1. The first-order valence-corrected chi connectivity index (χ1v) is 14.4. The van der Waals surface area contributed by atoms with Gasteiger partial charge in [-0.3, -0.25) is 24.5 Å². The number of amides is 2. The van der Waals surface area contributed by atoms with Crippen LogP contribution in [0.25, 0.3) is 0 Å². The van der Waals surface area contributed by atoms with E-state index >= 15 is 0 Å². The van der Waals surface area contributed by atoms with Gasteiger partial charge in [-0.25, -0.2) is 0 Å². The van der Waals surface area contributed by atoms with Crippen LogP contribution in [0.4, 0.5) is 0 Å². The molecule has 1 heterocycles. The molecule has 6 unspecified atom stereocenters. The lowest BCUT2D eigenvalue weighted by molar-refractivity contribution is -0.163. The molecule has 2 fully saturated rings. The van der Waals surface area contributed by atoms with E-state index in [1.807, 2.05) is 27.7 Å². The SMILES string of the molecule is CC(C)(C)OC(=O)C1CC2C=CC1CC2.CCC1=CC(=O)NC1=O.O=C(OCCCO)C1CC2C=CC1CC2. The molecule has 7 rings (SSSR count). The molecule has 0 saturated heterocycles. The lowest BCUT2D eigenvalue weighted by Crippen LogP contribution is -2.37. The molecule has 2 saturated carbocycles. The first-order chi connectivity index (χ1) is 18.5. The quantitative estimate of drug-likeness (QED) is 0.220. The minimum Gasteiger partial charge on any atom is -0.465 e. The molecule has 2 amide bonds. The highest BCUT2D eigenvalue weighted by molar-refractivity contribution is 6.16. The van der Waals surface area contributed by atoms with E-state index in [9.17, 15) is 19.2 Å². The fraction of sp³-hybridized carbons (Fsp3) is 0.677. The zero-order valence-electron chi connectivity index (χ0n) is 23.8. The third-order valence-electron chi connectivity index (χ3n) is 7.92. The van der Waals surface area contributed by atoms with E-state index in [4.69, 9.17) is 14.6 Å². The molecule has 6 aliphatic carbocycles. The van der Waals surface area contributed by atoms with E-state index in [-0.39, 0.29) is 47.8 Å². The van der Waals surface area contributed by atoms with Crippen LogP contribution in [0.2, 0.25) is 0 Å². The summed E-state index contributed by atoms with van der Waals surface area (Å²) in [7, 11) is 0. The molecule has 7 aliphatic rings. The second-order valence-corrected chi connectivity index (χ2v) is 12.1. The number of allylic oxidation sites excluding steroid dienone is 4. The average molecular weight is 544 g/mol. The Morgan fingerprint density at radius 3 is 1.82 bits per heavy atom. The second kappa shape index (κ2) is 14.1. The number of fused-ring (bicyclic) bond motifs is 4.